The van der Waals surface area contributed by atoms with E-state index in [2.05, 4.69) is 5.43 Å². The van der Waals surface area contributed by atoms with Gasteiger partial charge in [0.25, 0.3) is 0 Å². The SMILES string of the molecule is COC(C)CCC(Cc1cc(F)ccc1C)NN. The summed E-state index contributed by atoms with van der Waals surface area (Å²) in [6.07, 6.45) is 2.78. The molecule has 0 radical (unpaired) electrons. The average molecular weight is 254 g/mol. The van der Waals surface area contributed by atoms with E-state index in [1.54, 1.807) is 19.2 Å². The number of hydrazine groups is 1. The van der Waals surface area contributed by atoms with Gasteiger partial charge >= 0.3 is 0 Å². The highest BCUT2D eigenvalue weighted by Gasteiger charge is 2.12. The minimum absolute atomic E-state index is 0.142. The van der Waals surface area contributed by atoms with Crippen molar-refractivity contribution in [2.24, 2.45) is 5.84 Å². The van der Waals surface area contributed by atoms with Crippen LogP contribution in [0.1, 0.15) is 30.9 Å². The smallest absolute Gasteiger partial charge is 0.123 e. The number of hydrogen-bond donors (Lipinski definition) is 2. The summed E-state index contributed by atoms with van der Waals surface area (Å²) in [7, 11) is 1.70. The van der Waals surface area contributed by atoms with Crippen molar-refractivity contribution in [3.63, 3.8) is 0 Å². The number of aryl methyl sites for hydroxylation is 1. The van der Waals surface area contributed by atoms with Gasteiger partial charge in [0.2, 0.25) is 0 Å². The van der Waals surface area contributed by atoms with Crippen molar-refractivity contribution in [2.75, 3.05) is 7.11 Å². The van der Waals surface area contributed by atoms with Crippen LogP contribution in [-0.2, 0) is 11.2 Å². The number of ether oxygens (including phenoxy) is 1. The van der Waals surface area contributed by atoms with Crippen LogP contribution in [0.15, 0.2) is 18.2 Å². The maximum Gasteiger partial charge on any atom is 0.123 e. The third-order valence-electron chi connectivity index (χ3n) is 3.34. The molecule has 3 N–H and O–H groups in total. The van der Waals surface area contributed by atoms with Gasteiger partial charge in [-0.05, 0) is 56.4 Å². The Morgan fingerprint density at radius 1 is 1.39 bits per heavy atom. The van der Waals surface area contributed by atoms with Gasteiger partial charge in [0.15, 0.2) is 0 Å². The van der Waals surface area contributed by atoms with Crippen LogP contribution in [-0.4, -0.2) is 19.3 Å². The van der Waals surface area contributed by atoms with Gasteiger partial charge in [-0.25, -0.2) is 4.39 Å². The number of halogens is 1. The molecule has 4 heteroatoms. The third kappa shape index (κ3) is 4.72. The Morgan fingerprint density at radius 2 is 2.11 bits per heavy atom. The lowest BCUT2D eigenvalue weighted by atomic mass is 9.97. The summed E-state index contributed by atoms with van der Waals surface area (Å²) >= 11 is 0. The second-order valence-corrected chi connectivity index (χ2v) is 4.76. The molecule has 0 saturated carbocycles. The maximum absolute atomic E-state index is 13.2. The van der Waals surface area contributed by atoms with E-state index in [-0.39, 0.29) is 18.0 Å². The Kier molecular flexibility index (Phi) is 6.25. The standard InChI is InChI=1S/C14H23FN2O/c1-10-4-6-13(15)8-12(10)9-14(17-16)7-5-11(2)18-3/h4,6,8,11,14,17H,5,7,9,16H2,1-3H3. The second kappa shape index (κ2) is 7.46. The second-order valence-electron chi connectivity index (χ2n) is 4.76. The molecule has 1 aromatic carbocycles. The third-order valence-corrected chi connectivity index (χ3v) is 3.34. The molecule has 0 aliphatic rings. The summed E-state index contributed by atoms with van der Waals surface area (Å²) in [5, 5.41) is 0. The Hall–Kier alpha value is -0.970. The van der Waals surface area contributed by atoms with E-state index in [9.17, 15) is 4.39 Å². The molecule has 0 saturated heterocycles. The summed E-state index contributed by atoms with van der Waals surface area (Å²) in [4.78, 5) is 0. The van der Waals surface area contributed by atoms with Crippen LogP contribution in [0.2, 0.25) is 0 Å². The highest BCUT2D eigenvalue weighted by Crippen LogP contribution is 2.15. The first-order chi connectivity index (χ1) is 8.56. The Bertz CT molecular complexity index is 371. The molecule has 102 valence electrons. The first-order valence-corrected chi connectivity index (χ1v) is 6.30. The Labute approximate surface area is 108 Å². The largest absolute Gasteiger partial charge is 0.382 e. The summed E-state index contributed by atoms with van der Waals surface area (Å²) in [5.74, 6) is 5.35. The van der Waals surface area contributed by atoms with Crippen LogP contribution in [0.4, 0.5) is 4.39 Å². The molecule has 0 aliphatic carbocycles. The minimum atomic E-state index is -0.198. The molecular weight excluding hydrogens is 231 g/mol. The Balaban J connectivity index is 2.59. The van der Waals surface area contributed by atoms with Crippen LogP contribution < -0.4 is 11.3 Å². The lowest BCUT2D eigenvalue weighted by Crippen LogP contribution is -2.37. The molecule has 1 aromatic rings. The van der Waals surface area contributed by atoms with Crippen LogP contribution >= 0.6 is 0 Å². The number of rotatable bonds is 7. The van der Waals surface area contributed by atoms with Gasteiger partial charge in [0, 0.05) is 13.2 Å². The van der Waals surface area contributed by atoms with Crippen LogP contribution in [0.25, 0.3) is 0 Å². The molecule has 2 unspecified atom stereocenters. The van der Waals surface area contributed by atoms with Crippen LogP contribution in [0.3, 0.4) is 0 Å². The van der Waals surface area contributed by atoms with Gasteiger partial charge in [0.1, 0.15) is 5.82 Å². The molecule has 18 heavy (non-hydrogen) atoms. The molecule has 0 fully saturated rings. The monoisotopic (exact) mass is 254 g/mol. The van der Waals surface area contributed by atoms with Gasteiger partial charge in [-0.2, -0.15) is 0 Å². The number of nitrogens with one attached hydrogen (secondary N) is 1. The maximum atomic E-state index is 13.2. The topological polar surface area (TPSA) is 47.3 Å². The lowest BCUT2D eigenvalue weighted by molar-refractivity contribution is 0.106. The quantitative estimate of drug-likeness (QED) is 0.580. The van der Waals surface area contributed by atoms with Crippen LogP contribution in [0.5, 0.6) is 0 Å². The molecule has 0 spiro atoms. The first-order valence-electron chi connectivity index (χ1n) is 6.30. The van der Waals surface area contributed by atoms with E-state index in [1.807, 2.05) is 13.8 Å². The molecule has 0 bridgehead atoms. The fourth-order valence-electron chi connectivity index (χ4n) is 1.92. The number of methoxy groups -OCH3 is 1. The van der Waals surface area contributed by atoms with Crippen molar-refractivity contribution in [3.05, 3.63) is 35.1 Å². The molecule has 0 aliphatic heterocycles. The van der Waals surface area contributed by atoms with Gasteiger partial charge in [-0.3, -0.25) is 11.3 Å². The van der Waals surface area contributed by atoms with E-state index < -0.39 is 0 Å². The summed E-state index contributed by atoms with van der Waals surface area (Å²) in [6.45, 7) is 4.02. The zero-order chi connectivity index (χ0) is 13.5. The van der Waals surface area contributed by atoms with Crippen molar-refractivity contribution in [3.8, 4) is 0 Å². The number of benzene rings is 1. The Morgan fingerprint density at radius 3 is 2.72 bits per heavy atom. The first kappa shape index (κ1) is 15.1. The molecule has 0 heterocycles. The lowest BCUT2D eigenvalue weighted by Gasteiger charge is -2.19. The highest BCUT2D eigenvalue weighted by molar-refractivity contribution is 5.27. The van der Waals surface area contributed by atoms with Crippen molar-refractivity contribution < 1.29 is 9.13 Å². The van der Waals surface area contributed by atoms with Crippen molar-refractivity contribution in [1.82, 2.24) is 5.43 Å². The molecular formula is C14H23FN2O. The average Bonchev–Trinajstić information content (AvgIpc) is 2.37. The zero-order valence-electron chi connectivity index (χ0n) is 11.4. The molecule has 3 nitrogen and oxygen atoms in total. The summed E-state index contributed by atoms with van der Waals surface area (Å²) in [6, 6.07) is 5.01. The highest BCUT2D eigenvalue weighted by atomic mass is 19.1. The summed E-state index contributed by atoms with van der Waals surface area (Å²) in [5.41, 5.74) is 4.90. The van der Waals surface area contributed by atoms with Crippen molar-refractivity contribution in [1.29, 1.82) is 0 Å². The number of hydrogen-bond acceptors (Lipinski definition) is 3. The molecule has 1 rings (SSSR count). The molecule has 2 atom stereocenters. The van der Waals surface area contributed by atoms with E-state index in [0.29, 0.717) is 0 Å². The van der Waals surface area contributed by atoms with Crippen molar-refractivity contribution in [2.45, 2.75) is 45.3 Å². The van der Waals surface area contributed by atoms with E-state index >= 15 is 0 Å². The summed E-state index contributed by atoms with van der Waals surface area (Å²) < 4.78 is 18.4. The van der Waals surface area contributed by atoms with Gasteiger partial charge < -0.3 is 4.74 Å². The normalized spacial score (nSPS) is 14.5. The predicted molar refractivity (Wildman–Crippen MR) is 71.7 cm³/mol. The van der Waals surface area contributed by atoms with Gasteiger partial charge in [-0.1, -0.05) is 6.07 Å². The number of nitrogens with two attached hydrogens (primary N) is 1. The predicted octanol–water partition coefficient (Wildman–Crippen LogP) is 2.32. The van der Waals surface area contributed by atoms with Gasteiger partial charge in [-0.15, -0.1) is 0 Å². The zero-order valence-corrected chi connectivity index (χ0v) is 11.4. The molecule has 0 aromatic heterocycles. The van der Waals surface area contributed by atoms with Gasteiger partial charge in [0.05, 0.1) is 6.10 Å². The fourth-order valence-corrected chi connectivity index (χ4v) is 1.92. The molecule has 0 amide bonds. The minimum Gasteiger partial charge on any atom is -0.382 e. The van der Waals surface area contributed by atoms with Crippen LogP contribution in [0, 0.1) is 12.7 Å². The van der Waals surface area contributed by atoms with E-state index in [4.69, 9.17) is 10.6 Å². The fraction of sp³-hybridized carbons (Fsp3) is 0.571. The van der Waals surface area contributed by atoms with E-state index in [1.165, 1.54) is 6.07 Å². The van der Waals surface area contributed by atoms with Crippen molar-refractivity contribution >= 4 is 0 Å². The van der Waals surface area contributed by atoms with E-state index in [0.717, 1.165) is 30.4 Å².